The minimum atomic E-state index is -0.268. The zero-order valence-corrected chi connectivity index (χ0v) is 9.20. The highest BCUT2D eigenvalue weighted by atomic mass is 32.1. The maximum Gasteiger partial charge on any atom is 0.239 e. The highest BCUT2D eigenvalue weighted by Gasteiger charge is 2.07. The van der Waals surface area contributed by atoms with Crippen LogP contribution in [0.4, 0.5) is 5.13 Å². The van der Waals surface area contributed by atoms with E-state index >= 15 is 0 Å². The predicted octanol–water partition coefficient (Wildman–Crippen LogP) is 1.10. The molecule has 6 heteroatoms. The Morgan fingerprint density at radius 3 is 2.75 bits per heavy atom. The third-order valence-electron chi connectivity index (χ3n) is 1.88. The molecule has 82 valence electrons. The van der Waals surface area contributed by atoms with Crippen molar-refractivity contribution in [1.82, 2.24) is 10.2 Å². The van der Waals surface area contributed by atoms with E-state index in [0.29, 0.717) is 5.13 Å². The van der Waals surface area contributed by atoms with Gasteiger partial charge in [0.25, 0.3) is 0 Å². The van der Waals surface area contributed by atoms with Gasteiger partial charge in [-0.2, -0.15) is 0 Å². The summed E-state index contributed by atoms with van der Waals surface area (Å²) >= 11 is 1.32. The standard InChI is InChI=1S/C10H10N4OS/c11-6-8(15)12-10-14-13-9(16-10)7-4-2-1-3-5-7/h1-5H,6,11H2,(H,12,14,15). The van der Waals surface area contributed by atoms with Crippen molar-refractivity contribution in [2.75, 3.05) is 11.9 Å². The number of nitrogens with one attached hydrogen (secondary N) is 1. The van der Waals surface area contributed by atoms with E-state index in [0.717, 1.165) is 10.6 Å². The van der Waals surface area contributed by atoms with E-state index in [-0.39, 0.29) is 12.5 Å². The van der Waals surface area contributed by atoms with Crippen LogP contribution in [0.2, 0.25) is 0 Å². The lowest BCUT2D eigenvalue weighted by Crippen LogP contribution is -2.21. The number of aromatic nitrogens is 2. The van der Waals surface area contributed by atoms with Crippen molar-refractivity contribution in [2.45, 2.75) is 0 Å². The number of carbonyl (C=O) groups is 1. The number of hydrogen-bond donors (Lipinski definition) is 2. The quantitative estimate of drug-likeness (QED) is 0.833. The van der Waals surface area contributed by atoms with Gasteiger partial charge in [-0.1, -0.05) is 41.7 Å². The second-order valence-electron chi connectivity index (χ2n) is 3.03. The van der Waals surface area contributed by atoms with E-state index in [1.165, 1.54) is 11.3 Å². The van der Waals surface area contributed by atoms with Crippen LogP contribution in [0.25, 0.3) is 10.6 Å². The Labute approximate surface area is 96.3 Å². The van der Waals surface area contributed by atoms with Crippen LogP contribution in [0.1, 0.15) is 0 Å². The van der Waals surface area contributed by atoms with Crippen molar-refractivity contribution in [3.05, 3.63) is 30.3 Å². The first kappa shape index (κ1) is 10.7. The molecule has 0 radical (unpaired) electrons. The van der Waals surface area contributed by atoms with Gasteiger partial charge in [-0.15, -0.1) is 10.2 Å². The van der Waals surface area contributed by atoms with Crippen LogP contribution < -0.4 is 11.1 Å². The summed E-state index contributed by atoms with van der Waals surface area (Å²) in [5.41, 5.74) is 6.16. The van der Waals surface area contributed by atoms with Crippen molar-refractivity contribution >= 4 is 22.4 Å². The topological polar surface area (TPSA) is 80.9 Å². The molecule has 2 rings (SSSR count). The van der Waals surface area contributed by atoms with Gasteiger partial charge < -0.3 is 5.73 Å². The van der Waals surface area contributed by atoms with Crippen LogP contribution in [-0.2, 0) is 4.79 Å². The molecule has 5 nitrogen and oxygen atoms in total. The largest absolute Gasteiger partial charge is 0.322 e. The lowest BCUT2D eigenvalue weighted by molar-refractivity contribution is -0.114. The van der Waals surface area contributed by atoms with E-state index in [1.54, 1.807) is 0 Å². The average molecular weight is 234 g/mol. The van der Waals surface area contributed by atoms with Gasteiger partial charge in [0.05, 0.1) is 6.54 Å². The fraction of sp³-hybridized carbons (Fsp3) is 0.100. The zero-order chi connectivity index (χ0) is 11.4. The van der Waals surface area contributed by atoms with Gasteiger partial charge in [0.2, 0.25) is 11.0 Å². The molecule has 3 N–H and O–H groups in total. The summed E-state index contributed by atoms with van der Waals surface area (Å²) < 4.78 is 0. The summed E-state index contributed by atoms with van der Waals surface area (Å²) in [5.74, 6) is -0.268. The smallest absolute Gasteiger partial charge is 0.239 e. The number of hydrogen-bond acceptors (Lipinski definition) is 5. The van der Waals surface area contributed by atoms with Gasteiger partial charge in [-0.25, -0.2) is 0 Å². The monoisotopic (exact) mass is 234 g/mol. The maximum absolute atomic E-state index is 11.0. The van der Waals surface area contributed by atoms with Crippen LogP contribution in [0.5, 0.6) is 0 Å². The Hall–Kier alpha value is -1.79. The molecule has 0 saturated heterocycles. The number of nitrogens with zero attached hydrogens (tertiary/aromatic N) is 2. The summed E-state index contributed by atoms with van der Waals surface area (Å²) in [6.45, 7) is -0.0553. The normalized spacial score (nSPS) is 10.1. The molecule has 0 atom stereocenters. The molecular formula is C10H10N4OS. The summed E-state index contributed by atoms with van der Waals surface area (Å²) in [6.07, 6.45) is 0. The molecule has 0 aliphatic carbocycles. The van der Waals surface area contributed by atoms with E-state index in [1.807, 2.05) is 30.3 Å². The molecule has 0 bridgehead atoms. The molecule has 0 aliphatic heterocycles. The Morgan fingerprint density at radius 2 is 2.06 bits per heavy atom. The number of anilines is 1. The molecule has 1 aromatic carbocycles. The molecule has 0 aliphatic rings. The number of benzene rings is 1. The lowest BCUT2D eigenvalue weighted by Gasteiger charge is -1.95. The van der Waals surface area contributed by atoms with Gasteiger partial charge in [0.1, 0.15) is 5.01 Å². The Balaban J connectivity index is 2.17. The Kier molecular flexibility index (Phi) is 3.23. The molecule has 16 heavy (non-hydrogen) atoms. The molecule has 0 fully saturated rings. The van der Waals surface area contributed by atoms with Gasteiger partial charge >= 0.3 is 0 Å². The molecule has 0 saturated carbocycles. The van der Waals surface area contributed by atoms with Gasteiger partial charge in [0.15, 0.2) is 0 Å². The minimum absolute atomic E-state index is 0.0553. The number of rotatable bonds is 3. The molecule has 0 spiro atoms. The number of nitrogens with two attached hydrogens (primary N) is 1. The minimum Gasteiger partial charge on any atom is -0.322 e. The first-order valence-electron chi connectivity index (χ1n) is 4.68. The summed E-state index contributed by atoms with van der Waals surface area (Å²) in [4.78, 5) is 11.0. The van der Waals surface area contributed by atoms with Crippen molar-refractivity contribution in [2.24, 2.45) is 5.73 Å². The molecule has 0 unspecified atom stereocenters. The summed E-state index contributed by atoms with van der Waals surface area (Å²) in [6, 6.07) is 9.66. The molecular weight excluding hydrogens is 224 g/mol. The van der Waals surface area contributed by atoms with Gasteiger partial charge in [-0.05, 0) is 0 Å². The predicted molar refractivity (Wildman–Crippen MR) is 63.0 cm³/mol. The third kappa shape index (κ3) is 2.41. The fourth-order valence-corrected chi connectivity index (χ4v) is 1.91. The van der Waals surface area contributed by atoms with Crippen molar-refractivity contribution in [1.29, 1.82) is 0 Å². The zero-order valence-electron chi connectivity index (χ0n) is 8.38. The van der Waals surface area contributed by atoms with Gasteiger partial charge in [-0.3, -0.25) is 10.1 Å². The summed E-state index contributed by atoms with van der Waals surface area (Å²) in [5, 5.41) is 11.6. The van der Waals surface area contributed by atoms with Crippen molar-refractivity contribution in [3.8, 4) is 10.6 Å². The fourth-order valence-electron chi connectivity index (χ4n) is 1.14. The number of carbonyl (C=O) groups excluding carboxylic acids is 1. The highest BCUT2D eigenvalue weighted by molar-refractivity contribution is 7.18. The van der Waals surface area contributed by atoms with Crippen LogP contribution in [0.3, 0.4) is 0 Å². The maximum atomic E-state index is 11.0. The second kappa shape index (κ2) is 4.82. The molecule has 1 aromatic heterocycles. The Bertz CT molecular complexity index is 483. The summed E-state index contributed by atoms with van der Waals surface area (Å²) in [7, 11) is 0. The van der Waals surface area contributed by atoms with Crippen LogP contribution in [0.15, 0.2) is 30.3 Å². The van der Waals surface area contributed by atoms with Gasteiger partial charge in [0, 0.05) is 5.56 Å². The van der Waals surface area contributed by atoms with Crippen LogP contribution in [0, 0.1) is 0 Å². The van der Waals surface area contributed by atoms with E-state index in [9.17, 15) is 4.79 Å². The van der Waals surface area contributed by atoms with Crippen LogP contribution in [-0.4, -0.2) is 22.6 Å². The highest BCUT2D eigenvalue weighted by Crippen LogP contribution is 2.25. The first-order valence-corrected chi connectivity index (χ1v) is 5.50. The molecule has 1 heterocycles. The third-order valence-corrected chi connectivity index (χ3v) is 2.77. The Morgan fingerprint density at radius 1 is 1.31 bits per heavy atom. The lowest BCUT2D eigenvalue weighted by atomic mass is 10.2. The van der Waals surface area contributed by atoms with E-state index in [2.05, 4.69) is 15.5 Å². The SMILES string of the molecule is NCC(=O)Nc1nnc(-c2ccccc2)s1. The van der Waals surface area contributed by atoms with E-state index < -0.39 is 0 Å². The van der Waals surface area contributed by atoms with E-state index in [4.69, 9.17) is 5.73 Å². The second-order valence-corrected chi connectivity index (χ2v) is 4.01. The number of amides is 1. The molecule has 1 amide bonds. The van der Waals surface area contributed by atoms with Crippen LogP contribution >= 0.6 is 11.3 Å². The van der Waals surface area contributed by atoms with Crippen molar-refractivity contribution in [3.63, 3.8) is 0 Å². The average Bonchev–Trinajstić information content (AvgIpc) is 2.78. The van der Waals surface area contributed by atoms with Crippen molar-refractivity contribution < 1.29 is 4.79 Å². The first-order chi connectivity index (χ1) is 7.79. The molecule has 2 aromatic rings.